The fourth-order valence-corrected chi connectivity index (χ4v) is 4.18. The van der Waals surface area contributed by atoms with Crippen LogP contribution in [0.1, 0.15) is 30.0 Å². The minimum atomic E-state index is -1.20. The van der Waals surface area contributed by atoms with Gasteiger partial charge in [-0.25, -0.2) is 13.2 Å². The number of likely N-dealkylation sites (N-methyl/N-ethyl adjacent to an activating group) is 2. The van der Waals surface area contributed by atoms with Gasteiger partial charge in [0.25, 0.3) is 0 Å². The highest BCUT2D eigenvalue weighted by Crippen LogP contribution is 2.33. The lowest BCUT2D eigenvalue weighted by Gasteiger charge is -2.50. The summed E-state index contributed by atoms with van der Waals surface area (Å²) in [5.41, 5.74) is -0.838. The summed E-state index contributed by atoms with van der Waals surface area (Å²) >= 11 is 0. The molecule has 2 unspecified atom stereocenters. The molecule has 0 aromatic heterocycles. The molecule has 0 spiro atoms. The predicted octanol–water partition coefficient (Wildman–Crippen LogP) is 3.21. The summed E-state index contributed by atoms with van der Waals surface area (Å²) in [6, 6.07) is 8.42. The Kier molecular flexibility index (Phi) is 6.07. The summed E-state index contributed by atoms with van der Waals surface area (Å²) < 4.78 is 41.4. The highest BCUT2D eigenvalue weighted by Gasteiger charge is 2.52. The SMILES string of the molecule is CCC1(Cc2ccc(F)cc2)C(=O)N(C)C(Cc2c(C#N)ccc(F)c2F)C(=O)N1C. The molecule has 1 aliphatic heterocycles. The zero-order valence-corrected chi connectivity index (χ0v) is 17.5. The normalized spacial score (nSPS) is 21.4. The second-order valence-corrected chi connectivity index (χ2v) is 7.72. The van der Waals surface area contributed by atoms with Crippen molar-refractivity contribution in [2.24, 2.45) is 0 Å². The van der Waals surface area contributed by atoms with Gasteiger partial charge in [-0.15, -0.1) is 0 Å². The molecule has 1 fully saturated rings. The van der Waals surface area contributed by atoms with Gasteiger partial charge in [0.15, 0.2) is 11.6 Å². The molecule has 3 rings (SSSR count). The third kappa shape index (κ3) is 3.76. The molecular formula is C23H22F3N3O2. The van der Waals surface area contributed by atoms with Crippen LogP contribution in [0.3, 0.4) is 0 Å². The summed E-state index contributed by atoms with van der Waals surface area (Å²) in [6.45, 7) is 1.78. The number of hydrogen-bond acceptors (Lipinski definition) is 3. The van der Waals surface area contributed by atoms with Gasteiger partial charge < -0.3 is 9.80 Å². The number of rotatable bonds is 5. The van der Waals surface area contributed by atoms with Gasteiger partial charge in [-0.3, -0.25) is 9.59 Å². The van der Waals surface area contributed by atoms with E-state index in [4.69, 9.17) is 0 Å². The number of piperazine rings is 1. The number of nitrogens with zero attached hydrogens (tertiary/aromatic N) is 3. The van der Waals surface area contributed by atoms with E-state index in [-0.39, 0.29) is 29.9 Å². The van der Waals surface area contributed by atoms with Gasteiger partial charge >= 0.3 is 0 Å². The van der Waals surface area contributed by atoms with Gasteiger partial charge in [-0.05, 0) is 36.2 Å². The van der Waals surface area contributed by atoms with E-state index in [1.165, 1.54) is 36.0 Å². The van der Waals surface area contributed by atoms with Crippen LogP contribution in [-0.2, 0) is 22.4 Å². The first kappa shape index (κ1) is 22.3. The molecule has 8 heteroatoms. The van der Waals surface area contributed by atoms with E-state index in [9.17, 15) is 28.0 Å². The van der Waals surface area contributed by atoms with Crippen LogP contribution in [0.2, 0.25) is 0 Å². The summed E-state index contributed by atoms with van der Waals surface area (Å²) in [4.78, 5) is 29.3. The average molecular weight is 429 g/mol. The highest BCUT2D eigenvalue weighted by molar-refractivity contribution is 6.00. The summed E-state index contributed by atoms with van der Waals surface area (Å²) in [6.07, 6.45) is 0.161. The van der Waals surface area contributed by atoms with Crippen molar-refractivity contribution in [3.8, 4) is 6.07 Å². The van der Waals surface area contributed by atoms with Crippen molar-refractivity contribution in [2.45, 2.75) is 37.8 Å². The Morgan fingerprint density at radius 2 is 1.71 bits per heavy atom. The molecule has 1 aliphatic rings. The number of nitriles is 1. The van der Waals surface area contributed by atoms with Gasteiger partial charge in [0.1, 0.15) is 17.4 Å². The molecule has 0 N–H and O–H groups in total. The lowest BCUT2D eigenvalue weighted by atomic mass is 9.81. The van der Waals surface area contributed by atoms with E-state index < -0.39 is 34.9 Å². The van der Waals surface area contributed by atoms with Crippen molar-refractivity contribution in [1.29, 1.82) is 5.26 Å². The third-order valence-corrected chi connectivity index (χ3v) is 6.15. The number of carbonyl (C=O) groups is 2. The molecule has 0 aliphatic carbocycles. The maximum Gasteiger partial charge on any atom is 0.249 e. The van der Waals surface area contributed by atoms with Crippen molar-refractivity contribution in [1.82, 2.24) is 9.80 Å². The Morgan fingerprint density at radius 3 is 2.29 bits per heavy atom. The molecule has 2 aromatic carbocycles. The van der Waals surface area contributed by atoms with Gasteiger partial charge in [0.05, 0.1) is 11.6 Å². The van der Waals surface area contributed by atoms with Crippen LogP contribution in [0.5, 0.6) is 0 Å². The molecule has 2 amide bonds. The average Bonchev–Trinajstić information content (AvgIpc) is 2.77. The smallest absolute Gasteiger partial charge is 0.249 e. The van der Waals surface area contributed by atoms with E-state index in [1.807, 2.05) is 0 Å². The molecular weight excluding hydrogens is 407 g/mol. The standard InChI is InChI=1S/C23H22F3N3O2/c1-4-23(12-14-5-8-16(24)9-6-14)22(31)28(2)19(21(30)29(23)3)11-17-15(13-27)7-10-18(25)20(17)26/h5-10,19H,4,11-12H2,1-3H3. The van der Waals surface area contributed by atoms with Crippen molar-refractivity contribution < 1.29 is 22.8 Å². The zero-order valence-electron chi connectivity index (χ0n) is 17.5. The Labute approximate surface area is 178 Å². The van der Waals surface area contributed by atoms with E-state index in [0.29, 0.717) is 12.0 Å². The van der Waals surface area contributed by atoms with Crippen molar-refractivity contribution >= 4 is 11.8 Å². The monoisotopic (exact) mass is 429 g/mol. The van der Waals surface area contributed by atoms with Crippen LogP contribution in [0.25, 0.3) is 0 Å². The Balaban J connectivity index is 1.97. The number of benzene rings is 2. The minimum absolute atomic E-state index is 0.0890. The molecule has 0 saturated carbocycles. The molecule has 0 radical (unpaired) electrons. The molecule has 2 aromatic rings. The lowest BCUT2D eigenvalue weighted by molar-refractivity contribution is -0.167. The molecule has 5 nitrogen and oxygen atoms in total. The van der Waals surface area contributed by atoms with Crippen LogP contribution in [0, 0.1) is 28.8 Å². The second kappa shape index (κ2) is 8.42. The number of carbonyl (C=O) groups excluding carboxylic acids is 2. The van der Waals surface area contributed by atoms with Crippen LogP contribution >= 0.6 is 0 Å². The van der Waals surface area contributed by atoms with Crippen LogP contribution < -0.4 is 0 Å². The highest BCUT2D eigenvalue weighted by atomic mass is 19.2. The molecule has 1 saturated heterocycles. The zero-order chi connectivity index (χ0) is 22.9. The largest absolute Gasteiger partial charge is 0.331 e. The number of amides is 2. The maximum absolute atomic E-state index is 14.4. The first-order valence-corrected chi connectivity index (χ1v) is 9.82. The van der Waals surface area contributed by atoms with Gasteiger partial charge in [0, 0.05) is 32.5 Å². The molecule has 0 bridgehead atoms. The summed E-state index contributed by atoms with van der Waals surface area (Å²) in [5, 5.41) is 9.26. The van der Waals surface area contributed by atoms with Crippen molar-refractivity contribution in [3.05, 3.63) is 70.5 Å². The van der Waals surface area contributed by atoms with E-state index >= 15 is 0 Å². The van der Waals surface area contributed by atoms with Crippen molar-refractivity contribution in [3.63, 3.8) is 0 Å². The predicted molar refractivity (Wildman–Crippen MR) is 107 cm³/mol. The summed E-state index contributed by atoms with van der Waals surface area (Å²) in [5.74, 6) is -3.54. The lowest BCUT2D eigenvalue weighted by Crippen LogP contribution is -2.70. The topological polar surface area (TPSA) is 64.4 Å². The van der Waals surface area contributed by atoms with E-state index in [0.717, 1.165) is 12.1 Å². The van der Waals surface area contributed by atoms with Crippen molar-refractivity contribution in [2.75, 3.05) is 14.1 Å². The van der Waals surface area contributed by atoms with Crippen LogP contribution in [0.4, 0.5) is 13.2 Å². The molecule has 31 heavy (non-hydrogen) atoms. The second-order valence-electron chi connectivity index (χ2n) is 7.72. The van der Waals surface area contributed by atoms with Crippen LogP contribution in [0.15, 0.2) is 36.4 Å². The quantitative estimate of drug-likeness (QED) is 0.733. The fraction of sp³-hybridized carbons (Fsp3) is 0.348. The Hall–Kier alpha value is -3.34. The van der Waals surface area contributed by atoms with Crippen LogP contribution in [-0.4, -0.2) is 47.3 Å². The van der Waals surface area contributed by atoms with Gasteiger partial charge in [-0.1, -0.05) is 19.1 Å². The van der Waals surface area contributed by atoms with Gasteiger partial charge in [-0.2, -0.15) is 5.26 Å². The molecule has 2 atom stereocenters. The fourth-order valence-electron chi connectivity index (χ4n) is 4.18. The number of halogens is 3. The Morgan fingerprint density at radius 1 is 1.06 bits per heavy atom. The Bertz CT molecular complexity index is 1060. The molecule has 1 heterocycles. The summed E-state index contributed by atoms with van der Waals surface area (Å²) in [7, 11) is 2.94. The van der Waals surface area contributed by atoms with E-state index in [1.54, 1.807) is 25.1 Å². The number of hydrogen-bond donors (Lipinski definition) is 0. The molecule has 162 valence electrons. The van der Waals surface area contributed by atoms with Gasteiger partial charge in [0.2, 0.25) is 11.8 Å². The first-order chi connectivity index (χ1) is 14.7. The first-order valence-electron chi connectivity index (χ1n) is 9.82. The maximum atomic E-state index is 14.4. The third-order valence-electron chi connectivity index (χ3n) is 6.15. The van der Waals surface area contributed by atoms with E-state index in [2.05, 4.69) is 0 Å². The minimum Gasteiger partial charge on any atom is -0.331 e.